The van der Waals surface area contributed by atoms with Crippen molar-refractivity contribution >= 4 is 5.78 Å². The number of ether oxygens (including phenoxy) is 1. The van der Waals surface area contributed by atoms with Crippen LogP contribution in [0.15, 0.2) is 30.4 Å². The average Bonchev–Trinajstić information content (AvgIpc) is 2.94. The van der Waals surface area contributed by atoms with Gasteiger partial charge in [-0.05, 0) is 55.7 Å². The lowest BCUT2D eigenvalue weighted by atomic mass is 9.71. The topological polar surface area (TPSA) is 46.5 Å². The molecule has 3 nitrogen and oxygen atoms in total. The highest BCUT2D eigenvalue weighted by Crippen LogP contribution is 2.47. The van der Waals surface area contributed by atoms with Gasteiger partial charge in [-0.1, -0.05) is 43.5 Å². The largest absolute Gasteiger partial charge is 0.400 e. The average molecular weight is 342 g/mol. The highest BCUT2D eigenvalue weighted by atomic mass is 16.5. The fourth-order valence-electron chi connectivity index (χ4n) is 4.59. The Labute approximate surface area is 151 Å². The number of Topliss-reactive ketones (excluding diaryl/α,β-unsaturated/α-hetero) is 1. The summed E-state index contributed by atoms with van der Waals surface area (Å²) in [4.78, 5) is 13.0. The Morgan fingerprint density at radius 3 is 2.72 bits per heavy atom. The zero-order valence-electron chi connectivity index (χ0n) is 15.3. The standard InChI is InChI=1S/C21H26O2.CH4O/c22-20-19-14-16(8-10-18-6-2-5-13-23-18)7-9-17(19)15-21(20)11-3-1-4-12-21;1-2/h2,6-7,9,14,18H,1,3-5,8,10-13,15H2;2H,1H3. The van der Waals surface area contributed by atoms with Gasteiger partial charge >= 0.3 is 0 Å². The highest BCUT2D eigenvalue weighted by Gasteiger charge is 2.45. The number of aryl methyl sites for hydroxylation is 1. The number of hydrogen-bond donors (Lipinski definition) is 1. The van der Waals surface area contributed by atoms with Crippen LogP contribution >= 0.6 is 0 Å². The number of fused-ring (bicyclic) bond motifs is 1. The SMILES string of the molecule is CO.O=C1c2cc(CCC3C=CCCO3)ccc2CC12CCCCC2. The molecule has 1 aromatic carbocycles. The van der Waals surface area contributed by atoms with Gasteiger partial charge in [0.15, 0.2) is 5.78 Å². The molecule has 1 spiro atoms. The van der Waals surface area contributed by atoms with Crippen LogP contribution in [-0.2, 0) is 17.6 Å². The molecule has 2 aliphatic carbocycles. The van der Waals surface area contributed by atoms with E-state index in [0.29, 0.717) is 5.78 Å². The van der Waals surface area contributed by atoms with E-state index in [0.717, 1.165) is 57.8 Å². The normalized spacial score (nSPS) is 23.9. The van der Waals surface area contributed by atoms with Crippen molar-refractivity contribution in [2.75, 3.05) is 13.7 Å². The maximum absolute atomic E-state index is 13.0. The van der Waals surface area contributed by atoms with Crippen LogP contribution in [0.4, 0.5) is 0 Å². The second kappa shape index (κ2) is 8.29. The number of benzene rings is 1. The van der Waals surface area contributed by atoms with E-state index in [-0.39, 0.29) is 11.5 Å². The number of hydrogen-bond acceptors (Lipinski definition) is 3. The van der Waals surface area contributed by atoms with Crippen molar-refractivity contribution in [1.29, 1.82) is 0 Å². The molecule has 4 rings (SSSR count). The molecule has 1 aromatic rings. The van der Waals surface area contributed by atoms with Crippen molar-refractivity contribution in [3.8, 4) is 0 Å². The molecule has 3 heteroatoms. The Bertz CT molecular complexity index is 626. The quantitative estimate of drug-likeness (QED) is 0.835. The zero-order valence-corrected chi connectivity index (χ0v) is 15.3. The third-order valence-electron chi connectivity index (χ3n) is 5.92. The smallest absolute Gasteiger partial charge is 0.169 e. The summed E-state index contributed by atoms with van der Waals surface area (Å²) in [6.07, 6.45) is 14.6. The fourth-order valence-corrected chi connectivity index (χ4v) is 4.59. The summed E-state index contributed by atoms with van der Waals surface area (Å²) in [5, 5.41) is 7.00. The van der Waals surface area contributed by atoms with Crippen LogP contribution in [0.3, 0.4) is 0 Å². The Balaban J connectivity index is 0.000000880. The predicted octanol–water partition coefficient (Wildman–Crippen LogP) is 4.26. The molecule has 1 heterocycles. The van der Waals surface area contributed by atoms with Gasteiger partial charge in [0.25, 0.3) is 0 Å². The summed E-state index contributed by atoms with van der Waals surface area (Å²) in [7, 11) is 1.00. The molecule has 1 aliphatic heterocycles. The Morgan fingerprint density at radius 1 is 1.20 bits per heavy atom. The van der Waals surface area contributed by atoms with E-state index in [9.17, 15) is 4.79 Å². The highest BCUT2D eigenvalue weighted by molar-refractivity contribution is 6.05. The first-order chi connectivity index (χ1) is 12.3. The van der Waals surface area contributed by atoms with Gasteiger partial charge in [0, 0.05) is 18.1 Å². The molecule has 3 aliphatic rings. The molecule has 0 aromatic heterocycles. The molecule has 1 N–H and O–H groups in total. The monoisotopic (exact) mass is 342 g/mol. The number of ketones is 1. The van der Waals surface area contributed by atoms with Crippen molar-refractivity contribution in [1.82, 2.24) is 0 Å². The molecule has 0 amide bonds. The van der Waals surface area contributed by atoms with Crippen LogP contribution in [0, 0.1) is 5.41 Å². The Morgan fingerprint density at radius 2 is 2.00 bits per heavy atom. The summed E-state index contributed by atoms with van der Waals surface area (Å²) < 4.78 is 5.75. The summed E-state index contributed by atoms with van der Waals surface area (Å²) in [6, 6.07) is 6.61. The first-order valence-electron chi connectivity index (χ1n) is 9.66. The molecule has 136 valence electrons. The van der Waals surface area contributed by atoms with Crippen LogP contribution in [0.25, 0.3) is 0 Å². The van der Waals surface area contributed by atoms with E-state index in [1.165, 1.54) is 30.4 Å². The summed E-state index contributed by atoms with van der Waals surface area (Å²) >= 11 is 0. The molecule has 0 saturated heterocycles. The van der Waals surface area contributed by atoms with Gasteiger partial charge in [0.2, 0.25) is 0 Å². The molecule has 0 radical (unpaired) electrons. The molecular formula is C22H30O3. The third kappa shape index (κ3) is 3.88. The van der Waals surface area contributed by atoms with Crippen molar-refractivity contribution in [2.45, 2.75) is 63.9 Å². The second-order valence-electron chi connectivity index (χ2n) is 7.50. The Hall–Kier alpha value is -1.45. The minimum absolute atomic E-state index is 0.0472. The molecule has 0 bridgehead atoms. The van der Waals surface area contributed by atoms with Gasteiger partial charge in [0.05, 0.1) is 12.7 Å². The molecule has 1 saturated carbocycles. The predicted molar refractivity (Wildman–Crippen MR) is 100.0 cm³/mol. The lowest BCUT2D eigenvalue weighted by molar-refractivity contribution is 0.0745. The van der Waals surface area contributed by atoms with E-state index in [1.807, 2.05) is 0 Å². The number of rotatable bonds is 3. The van der Waals surface area contributed by atoms with Crippen LogP contribution < -0.4 is 0 Å². The van der Waals surface area contributed by atoms with E-state index < -0.39 is 0 Å². The van der Waals surface area contributed by atoms with Gasteiger partial charge in [-0.3, -0.25) is 4.79 Å². The summed E-state index contributed by atoms with van der Waals surface area (Å²) in [5.41, 5.74) is 3.54. The van der Waals surface area contributed by atoms with Crippen molar-refractivity contribution < 1.29 is 14.6 Å². The molecule has 1 unspecified atom stereocenters. The maximum Gasteiger partial charge on any atom is 0.169 e. The van der Waals surface area contributed by atoms with Gasteiger partial charge in [0.1, 0.15) is 0 Å². The zero-order chi connectivity index (χ0) is 17.7. The van der Waals surface area contributed by atoms with E-state index in [1.54, 1.807) is 0 Å². The van der Waals surface area contributed by atoms with Gasteiger partial charge in [-0.25, -0.2) is 0 Å². The number of aliphatic hydroxyl groups excluding tert-OH is 1. The lowest BCUT2D eigenvalue weighted by Gasteiger charge is -2.31. The minimum atomic E-state index is -0.0472. The van der Waals surface area contributed by atoms with Crippen molar-refractivity contribution in [3.63, 3.8) is 0 Å². The van der Waals surface area contributed by atoms with Crippen LogP contribution in [-0.4, -0.2) is 30.7 Å². The molecular weight excluding hydrogens is 312 g/mol. The fraction of sp³-hybridized carbons (Fsp3) is 0.591. The first-order valence-corrected chi connectivity index (χ1v) is 9.66. The molecule has 1 fully saturated rings. The summed E-state index contributed by atoms with van der Waals surface area (Å²) in [6.45, 7) is 0.840. The Kier molecular flexibility index (Phi) is 6.08. The molecule has 1 atom stereocenters. The maximum atomic E-state index is 13.0. The van der Waals surface area contributed by atoms with Crippen LogP contribution in [0.5, 0.6) is 0 Å². The van der Waals surface area contributed by atoms with Gasteiger partial charge in [-0.2, -0.15) is 0 Å². The van der Waals surface area contributed by atoms with Crippen LogP contribution in [0.2, 0.25) is 0 Å². The number of aliphatic hydroxyl groups is 1. The van der Waals surface area contributed by atoms with Gasteiger partial charge < -0.3 is 9.84 Å². The lowest BCUT2D eigenvalue weighted by Crippen LogP contribution is -2.30. The second-order valence-corrected chi connectivity index (χ2v) is 7.50. The van der Waals surface area contributed by atoms with E-state index >= 15 is 0 Å². The van der Waals surface area contributed by atoms with E-state index in [4.69, 9.17) is 9.84 Å². The molecule has 25 heavy (non-hydrogen) atoms. The number of carbonyl (C=O) groups is 1. The van der Waals surface area contributed by atoms with Crippen LogP contribution in [0.1, 0.15) is 66.4 Å². The van der Waals surface area contributed by atoms with E-state index in [2.05, 4.69) is 30.4 Å². The first kappa shape index (κ1) is 18.3. The summed E-state index contributed by atoms with van der Waals surface area (Å²) in [5.74, 6) is 0.433. The van der Waals surface area contributed by atoms with Gasteiger partial charge in [-0.15, -0.1) is 0 Å². The van der Waals surface area contributed by atoms with Crippen molar-refractivity contribution in [3.05, 3.63) is 47.0 Å². The third-order valence-corrected chi connectivity index (χ3v) is 5.92. The minimum Gasteiger partial charge on any atom is -0.400 e. The number of carbonyl (C=O) groups excluding carboxylic acids is 1. The van der Waals surface area contributed by atoms with Crippen molar-refractivity contribution in [2.24, 2.45) is 5.41 Å².